The van der Waals surface area contributed by atoms with Gasteiger partial charge in [0.05, 0.1) is 42.0 Å². The van der Waals surface area contributed by atoms with Crippen molar-refractivity contribution in [3.8, 4) is 0 Å². The molecule has 1 heterocycles. The summed E-state index contributed by atoms with van der Waals surface area (Å²) in [5, 5.41) is 0.0455. The number of halogens is 2. The molecule has 1 fully saturated rings. The zero-order valence-corrected chi connectivity index (χ0v) is 18.1. The van der Waals surface area contributed by atoms with Crippen LogP contribution in [0.1, 0.15) is 10.4 Å². The Kier molecular flexibility index (Phi) is 8.94. The second-order valence-corrected chi connectivity index (χ2v) is 8.78. The number of carbonyl (C=O) groups is 1. The van der Waals surface area contributed by atoms with Crippen molar-refractivity contribution in [1.82, 2.24) is 9.21 Å². The molecule has 2 rings (SSSR count). The highest BCUT2D eigenvalue weighted by atomic mass is 35.5. The molecule has 0 spiro atoms. The highest BCUT2D eigenvalue weighted by Gasteiger charge is 2.30. The second-order valence-electron chi connectivity index (χ2n) is 6.06. The molecule has 8 nitrogen and oxygen atoms in total. The smallest absolute Gasteiger partial charge is 0.255 e. The molecule has 0 aliphatic carbocycles. The average Bonchev–Trinajstić information content (AvgIpc) is 2.68. The zero-order chi connectivity index (χ0) is 20.7. The Morgan fingerprint density at radius 2 is 1.68 bits per heavy atom. The molecule has 0 saturated carbocycles. The van der Waals surface area contributed by atoms with E-state index in [2.05, 4.69) is 0 Å². The third-order valence-corrected chi connectivity index (χ3v) is 6.93. The van der Waals surface area contributed by atoms with Crippen LogP contribution in [0.4, 0.5) is 0 Å². The normalized spacial score (nSPS) is 15.6. The predicted molar refractivity (Wildman–Crippen MR) is 106 cm³/mol. The van der Waals surface area contributed by atoms with Gasteiger partial charge >= 0.3 is 0 Å². The highest BCUT2D eigenvalue weighted by molar-refractivity contribution is 7.89. The molecule has 158 valence electrons. The number of nitrogens with zero attached hydrogens (tertiary/aromatic N) is 2. The number of hydrogen-bond donors (Lipinski definition) is 0. The lowest BCUT2D eigenvalue weighted by molar-refractivity contribution is 0.0627. The first kappa shape index (κ1) is 23.3. The highest BCUT2D eigenvalue weighted by Crippen LogP contribution is 2.31. The van der Waals surface area contributed by atoms with Crippen LogP contribution in [0.2, 0.25) is 10.0 Å². The van der Waals surface area contributed by atoms with Crippen LogP contribution >= 0.6 is 23.2 Å². The Morgan fingerprint density at radius 3 is 2.21 bits per heavy atom. The molecule has 0 radical (unpaired) electrons. The molecule has 0 bridgehead atoms. The largest absolute Gasteiger partial charge is 0.383 e. The first-order chi connectivity index (χ1) is 13.3. The van der Waals surface area contributed by atoms with Gasteiger partial charge in [0.2, 0.25) is 10.0 Å². The fourth-order valence-corrected chi connectivity index (χ4v) is 4.94. The van der Waals surface area contributed by atoms with Crippen molar-refractivity contribution in [2.24, 2.45) is 0 Å². The van der Waals surface area contributed by atoms with E-state index in [-0.39, 0.29) is 33.6 Å². The minimum absolute atomic E-state index is 0.0339. The van der Waals surface area contributed by atoms with Gasteiger partial charge in [-0.25, -0.2) is 8.42 Å². The molecule has 1 saturated heterocycles. The van der Waals surface area contributed by atoms with Gasteiger partial charge in [0.1, 0.15) is 4.90 Å². The van der Waals surface area contributed by atoms with E-state index in [1.807, 2.05) is 0 Å². The van der Waals surface area contributed by atoms with Crippen molar-refractivity contribution in [2.75, 3.05) is 66.8 Å². The van der Waals surface area contributed by atoms with Gasteiger partial charge in [-0.1, -0.05) is 23.2 Å². The van der Waals surface area contributed by atoms with E-state index < -0.39 is 15.9 Å². The number of rotatable bonds is 9. The van der Waals surface area contributed by atoms with Crippen molar-refractivity contribution in [2.45, 2.75) is 4.90 Å². The SMILES string of the molecule is COCCN(CCOC)C(=O)c1cc(S(=O)(=O)N2CCOCC2)c(Cl)cc1Cl. The maximum atomic E-state index is 13.0. The molecule has 0 aromatic heterocycles. The van der Waals surface area contributed by atoms with Gasteiger partial charge in [0.25, 0.3) is 5.91 Å². The summed E-state index contributed by atoms with van der Waals surface area (Å²) >= 11 is 12.4. The summed E-state index contributed by atoms with van der Waals surface area (Å²) in [5.74, 6) is -0.422. The lowest BCUT2D eigenvalue weighted by Crippen LogP contribution is -2.41. The average molecular weight is 455 g/mol. The van der Waals surface area contributed by atoms with E-state index >= 15 is 0 Å². The van der Waals surface area contributed by atoms with Crippen molar-refractivity contribution < 1.29 is 27.4 Å². The van der Waals surface area contributed by atoms with Crippen LogP contribution < -0.4 is 0 Å². The van der Waals surface area contributed by atoms with Crippen LogP contribution in [0, 0.1) is 0 Å². The number of sulfonamides is 1. The Labute approximate surface area is 175 Å². The van der Waals surface area contributed by atoms with Crippen LogP contribution in [-0.4, -0.2) is 90.4 Å². The van der Waals surface area contributed by atoms with Crippen LogP contribution in [0.25, 0.3) is 0 Å². The van der Waals surface area contributed by atoms with E-state index in [0.29, 0.717) is 39.5 Å². The summed E-state index contributed by atoms with van der Waals surface area (Å²) in [6.45, 7) is 2.30. The number of methoxy groups -OCH3 is 2. The van der Waals surface area contributed by atoms with E-state index in [0.717, 1.165) is 0 Å². The van der Waals surface area contributed by atoms with Crippen LogP contribution in [0.5, 0.6) is 0 Å². The third-order valence-electron chi connectivity index (χ3n) is 4.26. The summed E-state index contributed by atoms with van der Waals surface area (Å²) in [4.78, 5) is 14.3. The minimum atomic E-state index is -3.88. The van der Waals surface area contributed by atoms with Crippen LogP contribution in [0.3, 0.4) is 0 Å². The standard InChI is InChI=1S/C17H24Cl2N2O6S/c1-25-7-3-20(4-8-26-2)17(22)13-11-16(15(19)12-14(13)18)28(23,24)21-5-9-27-10-6-21/h11-12H,3-10H2,1-2H3. The molecule has 0 atom stereocenters. The Balaban J connectivity index is 2.39. The number of hydrogen-bond acceptors (Lipinski definition) is 6. The van der Waals surface area contributed by atoms with E-state index in [1.165, 1.54) is 35.6 Å². The summed E-state index contributed by atoms with van der Waals surface area (Å²) in [6.07, 6.45) is 0. The maximum absolute atomic E-state index is 13.0. The molecule has 1 aromatic carbocycles. The fourth-order valence-electron chi connectivity index (χ4n) is 2.70. The Morgan fingerprint density at radius 1 is 1.11 bits per heavy atom. The van der Waals surface area contributed by atoms with Gasteiger partial charge in [-0.2, -0.15) is 4.31 Å². The minimum Gasteiger partial charge on any atom is -0.383 e. The molecule has 0 unspecified atom stereocenters. The molecule has 1 aliphatic rings. The van der Waals surface area contributed by atoms with Gasteiger partial charge in [0.15, 0.2) is 0 Å². The Hall–Kier alpha value is -0.940. The topological polar surface area (TPSA) is 85.4 Å². The van der Waals surface area contributed by atoms with Gasteiger partial charge in [0, 0.05) is 40.4 Å². The zero-order valence-electron chi connectivity index (χ0n) is 15.8. The third kappa shape index (κ3) is 5.56. The molecule has 28 heavy (non-hydrogen) atoms. The molecule has 11 heteroatoms. The first-order valence-electron chi connectivity index (χ1n) is 8.67. The van der Waals surface area contributed by atoms with Crippen molar-refractivity contribution in [1.29, 1.82) is 0 Å². The van der Waals surface area contributed by atoms with E-state index in [4.69, 9.17) is 37.4 Å². The molecular formula is C17H24Cl2N2O6S. The van der Waals surface area contributed by atoms with E-state index in [1.54, 1.807) is 0 Å². The Bertz CT molecular complexity index is 776. The molecule has 1 amide bonds. The van der Waals surface area contributed by atoms with Crippen molar-refractivity contribution in [3.05, 3.63) is 27.7 Å². The summed E-state index contributed by atoms with van der Waals surface area (Å²) < 4.78 is 42.5. The molecular weight excluding hydrogens is 431 g/mol. The molecule has 0 N–H and O–H groups in total. The van der Waals surface area contributed by atoms with Gasteiger partial charge in [-0.15, -0.1) is 0 Å². The summed E-state index contributed by atoms with van der Waals surface area (Å²) in [5.41, 5.74) is 0.0603. The lowest BCUT2D eigenvalue weighted by atomic mass is 10.2. The quantitative estimate of drug-likeness (QED) is 0.564. The maximum Gasteiger partial charge on any atom is 0.255 e. The monoisotopic (exact) mass is 454 g/mol. The van der Waals surface area contributed by atoms with Crippen molar-refractivity contribution >= 4 is 39.1 Å². The second kappa shape index (κ2) is 10.7. The summed E-state index contributed by atoms with van der Waals surface area (Å²) in [7, 11) is -0.824. The van der Waals surface area contributed by atoms with Gasteiger partial charge in [-0.05, 0) is 12.1 Å². The van der Waals surface area contributed by atoms with Gasteiger partial charge in [-0.3, -0.25) is 4.79 Å². The lowest BCUT2D eigenvalue weighted by Gasteiger charge is -2.27. The van der Waals surface area contributed by atoms with E-state index in [9.17, 15) is 13.2 Å². The number of amides is 1. The fraction of sp³-hybridized carbons (Fsp3) is 0.588. The first-order valence-corrected chi connectivity index (χ1v) is 10.9. The van der Waals surface area contributed by atoms with Crippen molar-refractivity contribution in [3.63, 3.8) is 0 Å². The predicted octanol–water partition coefficient (Wildman–Crippen LogP) is 1.75. The molecule has 1 aromatic rings. The number of carbonyl (C=O) groups excluding carboxylic acids is 1. The van der Waals surface area contributed by atoms with Crippen LogP contribution in [-0.2, 0) is 24.2 Å². The van der Waals surface area contributed by atoms with Crippen LogP contribution in [0.15, 0.2) is 17.0 Å². The number of ether oxygens (including phenoxy) is 3. The molecule has 1 aliphatic heterocycles. The number of benzene rings is 1. The van der Waals surface area contributed by atoms with Gasteiger partial charge < -0.3 is 19.1 Å². The summed E-state index contributed by atoms with van der Waals surface area (Å²) in [6, 6.07) is 2.53. The number of morpholine rings is 1.